The van der Waals surface area contributed by atoms with E-state index >= 15 is 0 Å². The molecule has 6 nitrogen and oxygen atoms in total. The van der Waals surface area contributed by atoms with Crippen molar-refractivity contribution in [2.75, 3.05) is 13.2 Å². The van der Waals surface area contributed by atoms with Crippen LogP contribution in [-0.4, -0.2) is 33.9 Å². The monoisotopic (exact) mass is 275 g/mol. The van der Waals surface area contributed by atoms with Gasteiger partial charge in [-0.25, -0.2) is 9.78 Å². The maximum Gasteiger partial charge on any atom is 0.378 e. The maximum absolute atomic E-state index is 11.5. The van der Waals surface area contributed by atoms with Crippen LogP contribution in [0, 0.1) is 0 Å². The fourth-order valence-electron chi connectivity index (χ4n) is 1.69. The average molecular weight is 275 g/mol. The molecule has 6 heteroatoms. The number of hydrogen-bond donors (Lipinski definition) is 0. The highest BCUT2D eigenvalue weighted by Gasteiger charge is 2.15. The molecule has 2 rings (SSSR count). The molecule has 0 aliphatic heterocycles. The van der Waals surface area contributed by atoms with Gasteiger partial charge in [0.1, 0.15) is 11.6 Å². The molecule has 1 heterocycles. The van der Waals surface area contributed by atoms with Gasteiger partial charge in [-0.3, -0.25) is 4.68 Å². The summed E-state index contributed by atoms with van der Waals surface area (Å²) in [4.78, 5) is 15.7. The molecule has 20 heavy (non-hydrogen) atoms. The average Bonchev–Trinajstić information content (AvgIpc) is 2.82. The molecule has 0 fully saturated rings. The number of nitrogens with zero attached hydrogens (tertiary/aromatic N) is 3. The summed E-state index contributed by atoms with van der Waals surface area (Å²) in [5.74, 6) is 1.08. The van der Waals surface area contributed by atoms with E-state index in [0.29, 0.717) is 25.5 Å². The lowest BCUT2D eigenvalue weighted by molar-refractivity contribution is 0.0511. The van der Waals surface area contributed by atoms with Crippen LogP contribution in [0.5, 0.6) is 5.75 Å². The van der Waals surface area contributed by atoms with Crippen molar-refractivity contribution in [1.82, 2.24) is 14.8 Å². The van der Waals surface area contributed by atoms with Crippen molar-refractivity contribution in [3.63, 3.8) is 0 Å². The fourth-order valence-corrected chi connectivity index (χ4v) is 1.69. The molecular weight excluding hydrogens is 258 g/mol. The predicted molar refractivity (Wildman–Crippen MR) is 72.6 cm³/mol. The summed E-state index contributed by atoms with van der Waals surface area (Å²) in [5, 5.41) is 4.03. The summed E-state index contributed by atoms with van der Waals surface area (Å²) in [6.07, 6.45) is 0.567. The van der Waals surface area contributed by atoms with E-state index in [1.807, 2.05) is 30.3 Å². The van der Waals surface area contributed by atoms with Crippen molar-refractivity contribution in [2.45, 2.75) is 13.3 Å². The standard InChI is InChI=1S/C14H17N3O3/c1-3-19-14(18)13-15-12(17(2)16-13)9-10-20-11-7-5-4-6-8-11/h4-8H,3,9-10H2,1-2H3. The zero-order valence-corrected chi connectivity index (χ0v) is 11.6. The van der Waals surface area contributed by atoms with Crippen molar-refractivity contribution < 1.29 is 14.3 Å². The molecule has 1 aromatic carbocycles. The molecule has 0 N–H and O–H groups in total. The normalized spacial score (nSPS) is 10.3. The van der Waals surface area contributed by atoms with Crippen LogP contribution in [0.3, 0.4) is 0 Å². The number of carbonyl (C=O) groups excluding carboxylic acids is 1. The third kappa shape index (κ3) is 3.57. The Balaban J connectivity index is 1.91. The Kier molecular flexibility index (Phi) is 4.70. The topological polar surface area (TPSA) is 66.2 Å². The smallest absolute Gasteiger partial charge is 0.378 e. The number of hydrogen-bond acceptors (Lipinski definition) is 5. The van der Waals surface area contributed by atoms with Crippen LogP contribution in [0.4, 0.5) is 0 Å². The molecule has 0 amide bonds. The van der Waals surface area contributed by atoms with Gasteiger partial charge in [-0.2, -0.15) is 0 Å². The van der Waals surface area contributed by atoms with E-state index in [1.165, 1.54) is 0 Å². The zero-order chi connectivity index (χ0) is 14.4. The number of aryl methyl sites for hydroxylation is 1. The second kappa shape index (κ2) is 6.70. The molecule has 0 aliphatic rings. The number of esters is 1. The van der Waals surface area contributed by atoms with Gasteiger partial charge in [0, 0.05) is 13.5 Å². The first kappa shape index (κ1) is 14.0. The first-order valence-electron chi connectivity index (χ1n) is 6.45. The number of aromatic nitrogens is 3. The highest BCUT2D eigenvalue weighted by molar-refractivity contribution is 5.84. The van der Waals surface area contributed by atoms with Crippen LogP contribution < -0.4 is 4.74 Å². The van der Waals surface area contributed by atoms with Crippen LogP contribution in [0.15, 0.2) is 30.3 Å². The molecule has 0 spiro atoms. The molecule has 2 aromatic rings. The van der Waals surface area contributed by atoms with E-state index in [2.05, 4.69) is 10.1 Å². The van der Waals surface area contributed by atoms with Gasteiger partial charge in [-0.1, -0.05) is 18.2 Å². The SMILES string of the molecule is CCOC(=O)c1nc(CCOc2ccccc2)n(C)n1. The lowest BCUT2D eigenvalue weighted by atomic mass is 10.3. The third-order valence-corrected chi connectivity index (χ3v) is 2.65. The van der Waals surface area contributed by atoms with Crippen molar-refractivity contribution in [3.05, 3.63) is 42.0 Å². The van der Waals surface area contributed by atoms with Crippen LogP contribution in [0.1, 0.15) is 23.4 Å². The molecule has 0 saturated carbocycles. The lowest BCUT2D eigenvalue weighted by Crippen LogP contribution is -2.07. The number of rotatable bonds is 6. The highest BCUT2D eigenvalue weighted by Crippen LogP contribution is 2.09. The van der Waals surface area contributed by atoms with Gasteiger partial charge in [-0.05, 0) is 19.1 Å². The minimum absolute atomic E-state index is 0.0871. The van der Waals surface area contributed by atoms with E-state index in [1.54, 1.807) is 18.7 Å². The van der Waals surface area contributed by atoms with E-state index in [4.69, 9.17) is 9.47 Å². The molecule has 0 radical (unpaired) electrons. The van der Waals surface area contributed by atoms with Gasteiger partial charge in [0.25, 0.3) is 5.82 Å². The van der Waals surface area contributed by atoms with Crippen molar-refractivity contribution in [1.29, 1.82) is 0 Å². The maximum atomic E-state index is 11.5. The van der Waals surface area contributed by atoms with Gasteiger partial charge < -0.3 is 9.47 Å². The van der Waals surface area contributed by atoms with E-state index in [0.717, 1.165) is 5.75 Å². The van der Waals surface area contributed by atoms with E-state index < -0.39 is 5.97 Å². The van der Waals surface area contributed by atoms with Crippen LogP contribution in [-0.2, 0) is 18.2 Å². The van der Waals surface area contributed by atoms with Crippen molar-refractivity contribution >= 4 is 5.97 Å². The quantitative estimate of drug-likeness (QED) is 0.749. The van der Waals surface area contributed by atoms with E-state index in [-0.39, 0.29) is 5.82 Å². The summed E-state index contributed by atoms with van der Waals surface area (Å²) in [7, 11) is 1.74. The fraction of sp³-hybridized carbons (Fsp3) is 0.357. The van der Waals surface area contributed by atoms with Gasteiger partial charge >= 0.3 is 5.97 Å². The Bertz CT molecular complexity index is 566. The van der Waals surface area contributed by atoms with E-state index in [9.17, 15) is 4.79 Å². The summed E-state index contributed by atoms with van der Waals surface area (Å²) in [6, 6.07) is 9.54. The van der Waals surface area contributed by atoms with Crippen molar-refractivity contribution in [3.8, 4) is 5.75 Å². The molecule has 0 saturated heterocycles. The Morgan fingerprint density at radius 2 is 2.05 bits per heavy atom. The molecule has 1 aromatic heterocycles. The number of ether oxygens (including phenoxy) is 2. The molecule has 106 valence electrons. The molecular formula is C14H17N3O3. The van der Waals surface area contributed by atoms with Gasteiger partial charge in [0.15, 0.2) is 0 Å². The zero-order valence-electron chi connectivity index (χ0n) is 11.6. The van der Waals surface area contributed by atoms with Gasteiger partial charge in [0.05, 0.1) is 13.2 Å². The van der Waals surface area contributed by atoms with Crippen LogP contribution in [0.2, 0.25) is 0 Å². The molecule has 0 unspecified atom stereocenters. The number of para-hydroxylation sites is 1. The Labute approximate surface area is 117 Å². The Morgan fingerprint density at radius 3 is 2.75 bits per heavy atom. The predicted octanol–water partition coefficient (Wildman–Crippen LogP) is 1.61. The summed E-state index contributed by atoms with van der Waals surface area (Å²) >= 11 is 0. The number of carbonyl (C=O) groups is 1. The Hall–Kier alpha value is -2.37. The molecule has 0 bridgehead atoms. The number of benzene rings is 1. The lowest BCUT2D eigenvalue weighted by Gasteiger charge is -2.04. The molecule has 0 atom stereocenters. The van der Waals surface area contributed by atoms with Gasteiger partial charge in [0.2, 0.25) is 0 Å². The van der Waals surface area contributed by atoms with Crippen LogP contribution >= 0.6 is 0 Å². The summed E-state index contributed by atoms with van der Waals surface area (Å²) in [6.45, 7) is 2.53. The third-order valence-electron chi connectivity index (χ3n) is 2.65. The van der Waals surface area contributed by atoms with Crippen molar-refractivity contribution in [2.24, 2.45) is 7.05 Å². The minimum Gasteiger partial charge on any atom is -0.493 e. The highest BCUT2D eigenvalue weighted by atomic mass is 16.5. The minimum atomic E-state index is -0.502. The first-order chi connectivity index (χ1) is 9.70. The molecule has 0 aliphatic carbocycles. The first-order valence-corrected chi connectivity index (χ1v) is 6.45. The summed E-state index contributed by atoms with van der Waals surface area (Å²) < 4.78 is 12.0. The second-order valence-corrected chi connectivity index (χ2v) is 4.11. The Morgan fingerprint density at radius 1 is 1.30 bits per heavy atom. The largest absolute Gasteiger partial charge is 0.493 e. The second-order valence-electron chi connectivity index (χ2n) is 4.11. The van der Waals surface area contributed by atoms with Gasteiger partial charge in [-0.15, -0.1) is 5.10 Å². The summed E-state index contributed by atoms with van der Waals surface area (Å²) in [5.41, 5.74) is 0. The van der Waals surface area contributed by atoms with Crippen LogP contribution in [0.25, 0.3) is 0 Å².